The minimum Gasteiger partial charge on any atom is -0.490 e. The van der Waals surface area contributed by atoms with Crippen LogP contribution in [0.2, 0.25) is 0 Å². The molecule has 1 saturated heterocycles. The highest BCUT2D eigenvalue weighted by Crippen LogP contribution is 2.34. The summed E-state index contributed by atoms with van der Waals surface area (Å²) in [5, 5.41) is 11.2. The zero-order valence-electron chi connectivity index (χ0n) is 13.3. The van der Waals surface area contributed by atoms with E-state index in [1.807, 2.05) is 6.92 Å². The third-order valence-electron chi connectivity index (χ3n) is 4.24. The number of likely N-dealkylation sites (tertiary alicyclic amines) is 1. The molecule has 1 aliphatic heterocycles. The molecule has 1 aromatic rings. The van der Waals surface area contributed by atoms with Crippen LogP contribution in [0.1, 0.15) is 42.6 Å². The molecule has 2 rings (SSSR count). The van der Waals surface area contributed by atoms with E-state index < -0.39 is 4.92 Å². The smallest absolute Gasteiger partial charge is 0.312 e. The van der Waals surface area contributed by atoms with Crippen molar-refractivity contribution in [2.24, 2.45) is 5.92 Å². The third kappa shape index (κ3) is 3.21. The highest BCUT2D eigenvalue weighted by molar-refractivity contribution is 5.98. The molecule has 1 amide bonds. The Morgan fingerprint density at radius 1 is 1.41 bits per heavy atom. The maximum Gasteiger partial charge on any atom is 0.312 e. The number of ether oxygens (including phenoxy) is 1. The lowest BCUT2D eigenvalue weighted by Gasteiger charge is -2.30. The second kappa shape index (κ2) is 6.77. The number of carbonyl (C=O) groups excluding carboxylic acids is 1. The lowest BCUT2D eigenvalue weighted by Crippen LogP contribution is -2.38. The summed E-state index contributed by atoms with van der Waals surface area (Å²) in [5.41, 5.74) is 0.917. The molecule has 0 atom stereocenters. The fourth-order valence-corrected chi connectivity index (χ4v) is 2.77. The summed E-state index contributed by atoms with van der Waals surface area (Å²) in [4.78, 5) is 25.3. The molecule has 0 radical (unpaired) electrons. The van der Waals surface area contributed by atoms with E-state index in [1.54, 1.807) is 11.0 Å². The van der Waals surface area contributed by atoms with E-state index in [1.165, 1.54) is 13.2 Å². The Morgan fingerprint density at radius 3 is 2.55 bits per heavy atom. The summed E-state index contributed by atoms with van der Waals surface area (Å²) in [6.07, 6.45) is 2.55. The van der Waals surface area contributed by atoms with Crippen LogP contribution in [0.5, 0.6) is 5.75 Å². The SMILES string of the molecule is CCc1cc(C(=O)N2CCC(C)CC2)c(OC)c([N+](=O)[O-])c1. The fourth-order valence-electron chi connectivity index (χ4n) is 2.77. The molecule has 1 fully saturated rings. The van der Waals surface area contributed by atoms with Crippen molar-refractivity contribution in [1.82, 2.24) is 4.90 Å². The summed E-state index contributed by atoms with van der Waals surface area (Å²) in [7, 11) is 1.36. The Bertz CT molecular complexity index is 578. The minimum atomic E-state index is -0.493. The maximum absolute atomic E-state index is 12.8. The third-order valence-corrected chi connectivity index (χ3v) is 4.24. The van der Waals surface area contributed by atoms with Crippen molar-refractivity contribution >= 4 is 11.6 Å². The lowest BCUT2D eigenvalue weighted by molar-refractivity contribution is -0.385. The Balaban J connectivity index is 2.42. The molecular weight excluding hydrogens is 284 g/mol. The molecule has 1 aromatic carbocycles. The monoisotopic (exact) mass is 306 g/mol. The molecule has 120 valence electrons. The van der Waals surface area contributed by atoms with Gasteiger partial charge < -0.3 is 9.64 Å². The van der Waals surface area contributed by atoms with Gasteiger partial charge in [0.05, 0.1) is 17.6 Å². The van der Waals surface area contributed by atoms with Crippen molar-refractivity contribution in [3.05, 3.63) is 33.4 Å². The van der Waals surface area contributed by atoms with Crippen LogP contribution in [0, 0.1) is 16.0 Å². The first-order valence-electron chi connectivity index (χ1n) is 7.62. The van der Waals surface area contributed by atoms with Crippen LogP contribution in [0.15, 0.2) is 12.1 Å². The molecule has 0 unspecified atom stereocenters. The van der Waals surface area contributed by atoms with Gasteiger partial charge in [0.25, 0.3) is 5.91 Å². The first kappa shape index (κ1) is 16.3. The predicted octanol–water partition coefficient (Wildman–Crippen LogP) is 3.04. The van der Waals surface area contributed by atoms with Crippen LogP contribution in [0.25, 0.3) is 0 Å². The number of methoxy groups -OCH3 is 1. The second-order valence-electron chi connectivity index (χ2n) is 5.78. The first-order valence-corrected chi connectivity index (χ1v) is 7.62. The van der Waals surface area contributed by atoms with E-state index >= 15 is 0 Å². The molecule has 22 heavy (non-hydrogen) atoms. The summed E-state index contributed by atoms with van der Waals surface area (Å²) in [5.74, 6) is 0.496. The molecule has 6 nitrogen and oxygen atoms in total. The van der Waals surface area contributed by atoms with Crippen molar-refractivity contribution < 1.29 is 14.5 Å². The molecular formula is C16H22N2O4. The van der Waals surface area contributed by atoms with Crippen molar-refractivity contribution in [2.75, 3.05) is 20.2 Å². The van der Waals surface area contributed by atoms with Crippen molar-refractivity contribution in [3.63, 3.8) is 0 Å². The van der Waals surface area contributed by atoms with E-state index in [9.17, 15) is 14.9 Å². The molecule has 1 aliphatic rings. The number of amides is 1. The van der Waals surface area contributed by atoms with Gasteiger partial charge in [0.15, 0.2) is 0 Å². The van der Waals surface area contributed by atoms with Crippen LogP contribution < -0.4 is 4.74 Å². The predicted molar refractivity (Wildman–Crippen MR) is 83.3 cm³/mol. The Morgan fingerprint density at radius 2 is 2.05 bits per heavy atom. The lowest BCUT2D eigenvalue weighted by atomic mass is 9.98. The first-order chi connectivity index (χ1) is 10.5. The Labute approximate surface area is 130 Å². The molecule has 0 N–H and O–H groups in total. The van der Waals surface area contributed by atoms with Crippen molar-refractivity contribution in [2.45, 2.75) is 33.1 Å². The summed E-state index contributed by atoms with van der Waals surface area (Å²) in [6.45, 7) is 5.45. The molecule has 0 spiro atoms. The van der Waals surface area contributed by atoms with Crippen molar-refractivity contribution in [3.8, 4) is 5.75 Å². The number of carbonyl (C=O) groups is 1. The van der Waals surface area contributed by atoms with Crippen LogP contribution in [0.4, 0.5) is 5.69 Å². The highest BCUT2D eigenvalue weighted by atomic mass is 16.6. The summed E-state index contributed by atoms with van der Waals surface area (Å²) in [6, 6.07) is 3.19. The average Bonchev–Trinajstić information content (AvgIpc) is 2.53. The van der Waals surface area contributed by atoms with Gasteiger partial charge in [0.1, 0.15) is 0 Å². The Kier molecular flexibility index (Phi) is 5.00. The van der Waals surface area contributed by atoms with Gasteiger partial charge in [-0.1, -0.05) is 13.8 Å². The van der Waals surface area contributed by atoms with E-state index in [2.05, 4.69) is 6.92 Å². The van der Waals surface area contributed by atoms with E-state index in [-0.39, 0.29) is 17.3 Å². The number of hydrogen-bond acceptors (Lipinski definition) is 4. The van der Waals surface area contributed by atoms with E-state index in [0.29, 0.717) is 31.0 Å². The van der Waals surface area contributed by atoms with Gasteiger partial charge in [0.2, 0.25) is 5.75 Å². The number of piperidine rings is 1. The highest BCUT2D eigenvalue weighted by Gasteiger charge is 2.28. The zero-order chi connectivity index (χ0) is 16.3. The van der Waals surface area contributed by atoms with Gasteiger partial charge in [0, 0.05) is 19.2 Å². The molecule has 6 heteroatoms. The molecule has 0 aliphatic carbocycles. The van der Waals surface area contributed by atoms with Gasteiger partial charge in [-0.05, 0) is 36.8 Å². The number of hydrogen-bond donors (Lipinski definition) is 0. The normalized spacial score (nSPS) is 15.7. The second-order valence-corrected chi connectivity index (χ2v) is 5.78. The standard InChI is InChI=1S/C16H22N2O4/c1-4-12-9-13(15(22-3)14(10-12)18(20)21)16(19)17-7-5-11(2)6-8-17/h9-11H,4-8H2,1-3H3. The maximum atomic E-state index is 12.8. The topological polar surface area (TPSA) is 72.7 Å². The average molecular weight is 306 g/mol. The van der Waals surface area contributed by atoms with Crippen molar-refractivity contribution in [1.29, 1.82) is 0 Å². The number of nitro benzene ring substituents is 1. The fraction of sp³-hybridized carbons (Fsp3) is 0.562. The summed E-state index contributed by atoms with van der Waals surface area (Å²) < 4.78 is 5.18. The molecule has 0 bridgehead atoms. The number of benzene rings is 1. The van der Waals surface area contributed by atoms with E-state index in [4.69, 9.17) is 4.74 Å². The van der Waals surface area contributed by atoms with Gasteiger partial charge in [-0.2, -0.15) is 0 Å². The molecule has 1 heterocycles. The number of rotatable bonds is 4. The van der Waals surface area contributed by atoms with Gasteiger partial charge in [-0.3, -0.25) is 14.9 Å². The van der Waals surface area contributed by atoms with Crippen LogP contribution in [-0.4, -0.2) is 35.9 Å². The number of aryl methyl sites for hydroxylation is 1. The zero-order valence-corrected chi connectivity index (χ0v) is 13.3. The molecule has 0 aromatic heterocycles. The van der Waals surface area contributed by atoms with Crippen LogP contribution in [-0.2, 0) is 6.42 Å². The largest absolute Gasteiger partial charge is 0.490 e. The molecule has 0 saturated carbocycles. The van der Waals surface area contributed by atoms with Gasteiger partial charge in [-0.25, -0.2) is 0 Å². The van der Waals surface area contributed by atoms with Crippen LogP contribution >= 0.6 is 0 Å². The van der Waals surface area contributed by atoms with Crippen LogP contribution in [0.3, 0.4) is 0 Å². The van der Waals surface area contributed by atoms with Gasteiger partial charge in [-0.15, -0.1) is 0 Å². The summed E-state index contributed by atoms with van der Waals surface area (Å²) >= 11 is 0. The van der Waals surface area contributed by atoms with E-state index in [0.717, 1.165) is 18.4 Å². The Hall–Kier alpha value is -2.11. The number of nitrogens with zero attached hydrogens (tertiary/aromatic N) is 2. The minimum absolute atomic E-state index is 0.0609. The quantitative estimate of drug-likeness (QED) is 0.633. The number of nitro groups is 1. The van der Waals surface area contributed by atoms with Gasteiger partial charge >= 0.3 is 5.69 Å².